The van der Waals surface area contributed by atoms with Crippen LogP contribution in [0, 0.1) is 5.41 Å². The van der Waals surface area contributed by atoms with Crippen molar-refractivity contribution in [2.75, 3.05) is 39.2 Å². The van der Waals surface area contributed by atoms with Crippen molar-refractivity contribution in [2.24, 2.45) is 5.41 Å². The fourth-order valence-corrected chi connectivity index (χ4v) is 9.14. The van der Waals surface area contributed by atoms with Crippen LogP contribution in [0.4, 0.5) is 5.69 Å². The Bertz CT molecular complexity index is 2660. The van der Waals surface area contributed by atoms with Gasteiger partial charge in [-0.2, -0.15) is 0 Å². The number of imide groups is 2. The van der Waals surface area contributed by atoms with Crippen LogP contribution in [0.3, 0.4) is 0 Å². The fourth-order valence-electron chi connectivity index (χ4n) is 9.14. The van der Waals surface area contributed by atoms with Gasteiger partial charge >= 0.3 is 5.97 Å². The van der Waals surface area contributed by atoms with Crippen molar-refractivity contribution in [1.29, 1.82) is 0 Å². The van der Waals surface area contributed by atoms with E-state index in [2.05, 4.69) is 16.0 Å². The average molecular weight is 1020 g/mol. The molecule has 396 valence electrons. The summed E-state index contributed by atoms with van der Waals surface area (Å²) in [5, 5.41) is 7.78. The standard InChI is InChI=1S/C55H67N5O14/c1-7-54(2,3)48(65)51(68)59-30-12-10-19-39(59)52(69)74-40(24-21-34-22-25-41(71-5)43(31-34)72-6)35-15-13-16-36(32-35)57-44(62)26-23-37(61)17-9-8-11-29-56-46(64)33-73-42-20-14-18-38-47(42)50(67)60(49(38)66)55(4)28-27-45(63)58-53(55)70/h13-16,18,20,22,25,31-32,39-40H,7-12,17,19,21,23-24,26-30,33H2,1-6H3,(H,56,64)(H,57,62)(H,58,63,70)/t39-,40?,55?/m0/s1. The first-order valence-corrected chi connectivity index (χ1v) is 25.3. The highest BCUT2D eigenvalue weighted by Crippen LogP contribution is 2.38. The quantitative estimate of drug-likeness (QED) is 0.0373. The van der Waals surface area contributed by atoms with Gasteiger partial charge in [0.25, 0.3) is 29.5 Å². The van der Waals surface area contributed by atoms with Crippen LogP contribution in [0.1, 0.15) is 149 Å². The molecule has 3 aromatic rings. The Labute approximate surface area is 430 Å². The molecule has 19 nitrogen and oxygen atoms in total. The number of likely N-dealkylation sites (tertiary alicyclic amines) is 1. The molecule has 0 spiro atoms. The topological polar surface area (TPSA) is 250 Å². The number of Topliss-reactive ketones (excluding diaryl/α,β-unsaturated/α-hetero) is 2. The first-order valence-electron chi connectivity index (χ1n) is 25.3. The van der Waals surface area contributed by atoms with E-state index in [1.165, 1.54) is 30.0 Å². The summed E-state index contributed by atoms with van der Waals surface area (Å²) < 4.78 is 22.8. The van der Waals surface area contributed by atoms with Crippen LogP contribution in [-0.4, -0.2) is 114 Å². The summed E-state index contributed by atoms with van der Waals surface area (Å²) >= 11 is 0. The largest absolute Gasteiger partial charge is 0.493 e. The number of nitrogens with zero attached hydrogens (tertiary/aromatic N) is 2. The number of piperidine rings is 2. The van der Waals surface area contributed by atoms with Gasteiger partial charge in [-0.3, -0.25) is 53.4 Å². The molecule has 0 aromatic heterocycles. The van der Waals surface area contributed by atoms with Gasteiger partial charge in [-0.25, -0.2) is 4.79 Å². The predicted octanol–water partition coefficient (Wildman–Crippen LogP) is 6.14. The SMILES string of the molecule is CCC(C)(C)C(=O)C(=O)N1CCCC[C@H]1C(=O)OC(CCc1ccc(OC)c(OC)c1)c1cccc(NC(=O)CCC(=O)CCCCCNC(=O)COc2cccc3c2C(=O)N(C2(C)CCC(=O)NC2=O)C3=O)c1. The predicted molar refractivity (Wildman–Crippen MR) is 269 cm³/mol. The molecule has 0 aliphatic carbocycles. The lowest BCUT2D eigenvalue weighted by atomic mass is 9.84. The van der Waals surface area contributed by atoms with Crippen molar-refractivity contribution in [3.63, 3.8) is 0 Å². The zero-order valence-electron chi connectivity index (χ0n) is 43.1. The molecule has 2 saturated heterocycles. The van der Waals surface area contributed by atoms with Crippen molar-refractivity contribution < 1.29 is 66.9 Å². The third-order valence-corrected chi connectivity index (χ3v) is 14.1. The van der Waals surface area contributed by atoms with Crippen LogP contribution in [0.25, 0.3) is 0 Å². The third kappa shape index (κ3) is 13.4. The van der Waals surface area contributed by atoms with Crippen LogP contribution in [0.15, 0.2) is 60.7 Å². The second-order valence-electron chi connectivity index (χ2n) is 19.7. The molecule has 2 unspecified atom stereocenters. The van der Waals surface area contributed by atoms with E-state index in [9.17, 15) is 47.9 Å². The molecule has 7 amide bonds. The second kappa shape index (κ2) is 25.0. The Morgan fingerprint density at radius 1 is 0.838 bits per heavy atom. The van der Waals surface area contributed by atoms with Crippen molar-refractivity contribution >= 4 is 64.6 Å². The number of carbonyl (C=O) groups excluding carboxylic acids is 10. The first kappa shape index (κ1) is 55.9. The van der Waals surface area contributed by atoms with Gasteiger partial charge in [0.1, 0.15) is 29.2 Å². The maximum absolute atomic E-state index is 14.1. The second-order valence-corrected chi connectivity index (χ2v) is 19.7. The molecule has 6 rings (SSSR count). The molecular formula is C55H67N5O14. The lowest BCUT2D eigenvalue weighted by Crippen LogP contribution is -2.62. The van der Waals surface area contributed by atoms with Gasteiger partial charge in [-0.1, -0.05) is 51.5 Å². The summed E-state index contributed by atoms with van der Waals surface area (Å²) in [6.45, 7) is 6.80. The first-order chi connectivity index (χ1) is 35.3. The molecule has 3 aliphatic heterocycles. The summed E-state index contributed by atoms with van der Waals surface area (Å²) in [6, 6.07) is 15.9. The highest BCUT2D eigenvalue weighted by atomic mass is 16.5. The van der Waals surface area contributed by atoms with Gasteiger partial charge in [0.05, 0.1) is 25.3 Å². The van der Waals surface area contributed by atoms with Gasteiger partial charge in [0.2, 0.25) is 17.6 Å². The van der Waals surface area contributed by atoms with E-state index in [0.29, 0.717) is 80.5 Å². The molecule has 19 heteroatoms. The smallest absolute Gasteiger partial charge is 0.329 e. The van der Waals surface area contributed by atoms with E-state index in [0.717, 1.165) is 10.5 Å². The van der Waals surface area contributed by atoms with E-state index < -0.39 is 76.9 Å². The summed E-state index contributed by atoms with van der Waals surface area (Å²) in [4.78, 5) is 133. The Morgan fingerprint density at radius 2 is 1.59 bits per heavy atom. The number of rotatable bonds is 25. The zero-order valence-corrected chi connectivity index (χ0v) is 43.1. The highest BCUT2D eigenvalue weighted by Gasteiger charge is 2.53. The molecule has 3 atom stereocenters. The lowest BCUT2D eigenvalue weighted by molar-refractivity contribution is -0.164. The van der Waals surface area contributed by atoms with Crippen LogP contribution in [0.2, 0.25) is 0 Å². The number of hydrogen-bond acceptors (Lipinski definition) is 14. The minimum atomic E-state index is -1.57. The molecule has 2 fully saturated rings. The number of amides is 7. The van der Waals surface area contributed by atoms with Gasteiger partial charge in [-0.05, 0) is 112 Å². The number of fused-ring (bicyclic) bond motifs is 1. The minimum Gasteiger partial charge on any atom is -0.493 e. The van der Waals surface area contributed by atoms with Gasteiger partial charge < -0.3 is 34.5 Å². The van der Waals surface area contributed by atoms with Crippen LogP contribution in [-0.2, 0) is 49.5 Å². The highest BCUT2D eigenvalue weighted by molar-refractivity contribution is 6.38. The molecule has 3 N–H and O–H groups in total. The number of unbranched alkanes of at least 4 members (excludes halogenated alkanes) is 2. The fraction of sp³-hybridized carbons (Fsp3) is 0.491. The maximum Gasteiger partial charge on any atom is 0.329 e. The van der Waals surface area contributed by atoms with Crippen LogP contribution >= 0.6 is 0 Å². The monoisotopic (exact) mass is 1020 g/mol. The number of esters is 1. The number of methoxy groups -OCH3 is 2. The van der Waals surface area contributed by atoms with E-state index in [-0.39, 0.29) is 73.8 Å². The van der Waals surface area contributed by atoms with Gasteiger partial charge in [-0.15, -0.1) is 0 Å². The number of ether oxygens (including phenoxy) is 4. The number of anilines is 1. The van der Waals surface area contributed by atoms with Crippen LogP contribution < -0.4 is 30.2 Å². The Balaban J connectivity index is 0.961. The lowest BCUT2D eigenvalue weighted by Gasteiger charge is -2.38. The molecular weight excluding hydrogens is 955 g/mol. The Morgan fingerprint density at radius 3 is 2.32 bits per heavy atom. The number of hydrogen-bond donors (Lipinski definition) is 3. The maximum atomic E-state index is 14.1. The van der Waals surface area contributed by atoms with Crippen molar-refractivity contribution in [1.82, 2.24) is 20.4 Å². The molecule has 0 radical (unpaired) electrons. The Hall–Kier alpha value is -7.44. The minimum absolute atomic E-state index is 0.00501. The molecule has 0 saturated carbocycles. The zero-order chi connectivity index (χ0) is 53.7. The molecule has 3 aliphatic rings. The Kier molecular flexibility index (Phi) is 18.9. The summed E-state index contributed by atoms with van der Waals surface area (Å²) in [7, 11) is 3.09. The van der Waals surface area contributed by atoms with Crippen molar-refractivity contribution in [2.45, 2.75) is 135 Å². The third-order valence-electron chi connectivity index (χ3n) is 14.1. The van der Waals surface area contributed by atoms with E-state index in [1.807, 2.05) is 19.1 Å². The van der Waals surface area contributed by atoms with E-state index in [4.69, 9.17) is 18.9 Å². The van der Waals surface area contributed by atoms with E-state index >= 15 is 0 Å². The number of benzene rings is 3. The molecule has 3 heterocycles. The van der Waals surface area contributed by atoms with Crippen LogP contribution in [0.5, 0.6) is 17.2 Å². The number of aryl methyl sites for hydroxylation is 1. The molecule has 0 bridgehead atoms. The summed E-state index contributed by atoms with van der Waals surface area (Å²) in [5.41, 5.74) is -0.587. The van der Waals surface area contributed by atoms with E-state index in [1.54, 1.807) is 58.4 Å². The summed E-state index contributed by atoms with van der Waals surface area (Å²) in [6.07, 6.45) is 3.95. The average Bonchev–Trinajstić information content (AvgIpc) is 3.66. The van der Waals surface area contributed by atoms with Gasteiger partial charge in [0, 0.05) is 49.9 Å². The summed E-state index contributed by atoms with van der Waals surface area (Å²) in [5.74, 6) is -4.41. The number of carbonyl (C=O) groups is 10. The normalized spacial score (nSPS) is 17.9. The number of ketones is 2. The van der Waals surface area contributed by atoms with Crippen molar-refractivity contribution in [3.05, 3.63) is 82.9 Å². The molecule has 3 aromatic carbocycles. The van der Waals surface area contributed by atoms with Gasteiger partial charge in [0.15, 0.2) is 18.1 Å². The van der Waals surface area contributed by atoms with Crippen molar-refractivity contribution in [3.8, 4) is 17.2 Å². The number of nitrogens with one attached hydrogen (secondary N) is 3. The molecule has 74 heavy (non-hydrogen) atoms.